The van der Waals surface area contributed by atoms with Crippen molar-refractivity contribution in [2.75, 3.05) is 6.54 Å². The fourth-order valence-electron chi connectivity index (χ4n) is 1.97. The summed E-state index contributed by atoms with van der Waals surface area (Å²) in [4.78, 5) is 12.0. The normalized spacial score (nSPS) is 14.1. The minimum atomic E-state index is -4.79. The highest BCUT2D eigenvalue weighted by Gasteiger charge is 2.31. The van der Waals surface area contributed by atoms with Gasteiger partial charge in [0.1, 0.15) is 22.9 Å². The average Bonchev–Trinajstić information content (AvgIpc) is 2.91. The number of carbonyl (C=O) groups is 1. The number of halogens is 3. The fraction of sp³-hybridized carbons (Fsp3) is 0.312. The summed E-state index contributed by atoms with van der Waals surface area (Å²) in [6.45, 7) is 3.08. The second-order valence-corrected chi connectivity index (χ2v) is 5.44. The van der Waals surface area contributed by atoms with E-state index in [1.165, 1.54) is 19.1 Å². The minimum absolute atomic E-state index is 0.125. The number of benzene rings is 1. The molecule has 2 aromatic rings. The van der Waals surface area contributed by atoms with Crippen molar-refractivity contribution in [3.63, 3.8) is 0 Å². The van der Waals surface area contributed by atoms with E-state index in [0.717, 1.165) is 12.1 Å². The summed E-state index contributed by atoms with van der Waals surface area (Å²) in [6, 6.07) is 7.76. The van der Waals surface area contributed by atoms with Crippen LogP contribution < -0.4 is 10.1 Å². The third-order valence-corrected chi connectivity index (χ3v) is 3.21. The number of aliphatic hydroxyl groups is 1. The maximum Gasteiger partial charge on any atom is 0.573 e. The van der Waals surface area contributed by atoms with Crippen molar-refractivity contribution in [1.82, 2.24) is 5.32 Å². The van der Waals surface area contributed by atoms with E-state index in [1.54, 1.807) is 19.1 Å². The Balaban J connectivity index is 1.97. The summed E-state index contributed by atoms with van der Waals surface area (Å²) in [7, 11) is 0. The molecule has 5 nitrogen and oxygen atoms in total. The summed E-state index contributed by atoms with van der Waals surface area (Å²) in [5, 5.41) is 12.8. The molecule has 0 aliphatic rings. The van der Waals surface area contributed by atoms with Gasteiger partial charge in [-0.2, -0.15) is 0 Å². The average molecular weight is 343 g/mol. The van der Waals surface area contributed by atoms with E-state index in [2.05, 4.69) is 10.1 Å². The maximum absolute atomic E-state index is 12.1. The number of rotatable bonds is 5. The third kappa shape index (κ3) is 4.76. The zero-order valence-corrected chi connectivity index (χ0v) is 13.0. The molecule has 0 spiro atoms. The number of aryl methyl sites for hydroxylation is 1. The Morgan fingerprint density at radius 2 is 1.83 bits per heavy atom. The van der Waals surface area contributed by atoms with E-state index in [-0.39, 0.29) is 12.1 Å². The van der Waals surface area contributed by atoms with Crippen molar-refractivity contribution in [3.05, 3.63) is 53.5 Å². The third-order valence-electron chi connectivity index (χ3n) is 3.21. The molecule has 0 aliphatic heterocycles. The van der Waals surface area contributed by atoms with Gasteiger partial charge in [-0.1, -0.05) is 0 Å². The monoisotopic (exact) mass is 343 g/mol. The van der Waals surface area contributed by atoms with Crippen molar-refractivity contribution < 1.29 is 32.2 Å². The molecular formula is C16H16F3NO4. The van der Waals surface area contributed by atoms with Gasteiger partial charge in [0.05, 0.1) is 6.54 Å². The first-order chi connectivity index (χ1) is 11.1. The van der Waals surface area contributed by atoms with Crippen molar-refractivity contribution >= 4 is 5.91 Å². The minimum Gasteiger partial charge on any atom is -0.463 e. The van der Waals surface area contributed by atoms with Gasteiger partial charge in [-0.25, -0.2) is 0 Å². The molecule has 2 rings (SSSR count). The Labute approximate surface area is 136 Å². The number of hydrogen-bond donors (Lipinski definition) is 2. The van der Waals surface area contributed by atoms with Crippen LogP contribution in [0.3, 0.4) is 0 Å². The molecule has 1 unspecified atom stereocenters. The van der Waals surface area contributed by atoms with Crippen LogP contribution in [0.15, 0.2) is 40.8 Å². The van der Waals surface area contributed by atoms with Crippen LogP contribution in [0, 0.1) is 6.92 Å². The van der Waals surface area contributed by atoms with Crippen molar-refractivity contribution in [2.45, 2.75) is 25.8 Å². The van der Waals surface area contributed by atoms with E-state index in [9.17, 15) is 23.1 Å². The zero-order valence-electron chi connectivity index (χ0n) is 13.0. The summed E-state index contributed by atoms with van der Waals surface area (Å²) >= 11 is 0. The van der Waals surface area contributed by atoms with Gasteiger partial charge in [0.2, 0.25) is 0 Å². The smallest absolute Gasteiger partial charge is 0.463 e. The molecule has 0 radical (unpaired) electrons. The summed E-state index contributed by atoms with van der Waals surface area (Å²) < 4.78 is 45.3. The molecule has 1 amide bonds. The lowest BCUT2D eigenvalue weighted by atomic mass is 10.0. The first-order valence-corrected chi connectivity index (χ1v) is 7.00. The highest BCUT2D eigenvalue weighted by Crippen LogP contribution is 2.24. The molecule has 0 aliphatic carbocycles. The Morgan fingerprint density at radius 1 is 1.21 bits per heavy atom. The molecule has 1 aromatic carbocycles. The highest BCUT2D eigenvalue weighted by atomic mass is 19.4. The Morgan fingerprint density at radius 3 is 2.33 bits per heavy atom. The standard InChI is InChI=1S/C16H16F3NO4/c1-10-3-8-13(23-10)15(2,22)9-20-14(21)11-4-6-12(7-5-11)24-16(17,18)19/h3-8,22H,9H2,1-2H3,(H,20,21). The number of alkyl halides is 3. The predicted molar refractivity (Wildman–Crippen MR) is 78.5 cm³/mol. The summed E-state index contributed by atoms with van der Waals surface area (Å²) in [6.07, 6.45) is -4.79. The number of amides is 1. The van der Waals surface area contributed by atoms with Gasteiger partial charge in [0.25, 0.3) is 5.91 Å². The topological polar surface area (TPSA) is 71.7 Å². The Kier molecular flexibility index (Phi) is 4.88. The molecule has 0 fully saturated rings. The van der Waals surface area contributed by atoms with Crippen LogP contribution in [0.1, 0.15) is 28.8 Å². The molecule has 2 N–H and O–H groups in total. The van der Waals surface area contributed by atoms with Crippen LogP contribution in [0.2, 0.25) is 0 Å². The largest absolute Gasteiger partial charge is 0.573 e. The molecule has 130 valence electrons. The van der Waals surface area contributed by atoms with E-state index in [1.807, 2.05) is 0 Å². The van der Waals surface area contributed by atoms with Gasteiger partial charge < -0.3 is 19.6 Å². The van der Waals surface area contributed by atoms with Crippen LogP contribution >= 0.6 is 0 Å². The molecule has 0 bridgehead atoms. The number of ether oxygens (including phenoxy) is 1. The lowest BCUT2D eigenvalue weighted by Crippen LogP contribution is -2.38. The van der Waals surface area contributed by atoms with Crippen LogP contribution in [-0.4, -0.2) is 23.9 Å². The lowest BCUT2D eigenvalue weighted by Gasteiger charge is -2.21. The second-order valence-electron chi connectivity index (χ2n) is 5.44. The lowest BCUT2D eigenvalue weighted by molar-refractivity contribution is -0.274. The van der Waals surface area contributed by atoms with Crippen molar-refractivity contribution in [3.8, 4) is 5.75 Å². The van der Waals surface area contributed by atoms with E-state index in [4.69, 9.17) is 4.42 Å². The highest BCUT2D eigenvalue weighted by molar-refractivity contribution is 5.94. The van der Waals surface area contributed by atoms with Gasteiger partial charge in [0, 0.05) is 5.56 Å². The number of carbonyl (C=O) groups excluding carboxylic acids is 1. The van der Waals surface area contributed by atoms with Crippen LogP contribution in [0.25, 0.3) is 0 Å². The second kappa shape index (κ2) is 6.56. The molecule has 1 heterocycles. The molecule has 0 saturated carbocycles. The van der Waals surface area contributed by atoms with Crippen molar-refractivity contribution in [1.29, 1.82) is 0 Å². The Bertz CT molecular complexity index is 705. The predicted octanol–water partition coefficient (Wildman–Crippen LogP) is 3.12. The quantitative estimate of drug-likeness (QED) is 0.875. The molecule has 1 atom stereocenters. The van der Waals surface area contributed by atoms with E-state index < -0.39 is 23.6 Å². The molecule has 0 saturated heterocycles. The van der Waals surface area contributed by atoms with Gasteiger partial charge >= 0.3 is 6.36 Å². The van der Waals surface area contributed by atoms with Crippen molar-refractivity contribution in [2.24, 2.45) is 0 Å². The Hall–Kier alpha value is -2.48. The maximum atomic E-state index is 12.1. The van der Waals surface area contributed by atoms with Gasteiger partial charge in [-0.05, 0) is 50.2 Å². The first-order valence-electron chi connectivity index (χ1n) is 7.00. The van der Waals surface area contributed by atoms with Gasteiger partial charge in [-0.15, -0.1) is 13.2 Å². The van der Waals surface area contributed by atoms with E-state index >= 15 is 0 Å². The van der Waals surface area contributed by atoms with E-state index in [0.29, 0.717) is 11.5 Å². The van der Waals surface area contributed by atoms with Crippen LogP contribution in [0.5, 0.6) is 5.75 Å². The van der Waals surface area contributed by atoms with Gasteiger partial charge in [0.15, 0.2) is 0 Å². The zero-order chi connectivity index (χ0) is 18.0. The molecule has 24 heavy (non-hydrogen) atoms. The molecule has 8 heteroatoms. The SMILES string of the molecule is Cc1ccc(C(C)(O)CNC(=O)c2ccc(OC(F)(F)F)cc2)o1. The fourth-order valence-corrected chi connectivity index (χ4v) is 1.97. The van der Waals surface area contributed by atoms with Gasteiger partial charge in [-0.3, -0.25) is 4.79 Å². The van der Waals surface area contributed by atoms with Crippen LogP contribution in [0.4, 0.5) is 13.2 Å². The number of furan rings is 1. The summed E-state index contributed by atoms with van der Waals surface area (Å²) in [5.41, 5.74) is -1.28. The first kappa shape index (κ1) is 17.9. The van der Waals surface area contributed by atoms with Crippen LogP contribution in [-0.2, 0) is 5.60 Å². The molecular weight excluding hydrogens is 327 g/mol. The number of hydrogen-bond acceptors (Lipinski definition) is 4. The summed E-state index contributed by atoms with van der Waals surface area (Å²) in [5.74, 6) is -0.0414. The molecule has 1 aromatic heterocycles. The number of nitrogens with one attached hydrogen (secondary N) is 1.